The van der Waals surface area contributed by atoms with E-state index in [0.29, 0.717) is 0 Å². The van der Waals surface area contributed by atoms with Crippen LogP contribution in [0, 0.1) is 11.0 Å². The van der Waals surface area contributed by atoms with Crippen LogP contribution < -0.4 is 0 Å². The van der Waals surface area contributed by atoms with E-state index in [0.717, 1.165) is 0 Å². The SMILES string of the molecule is CCCCCC[Si](C#N)(CCCCCC)CCCCCC. The molecule has 0 aliphatic carbocycles. The third-order valence-electron chi connectivity index (χ3n) is 4.76. The zero-order chi connectivity index (χ0) is 15.8. The van der Waals surface area contributed by atoms with Crippen molar-refractivity contribution in [1.29, 1.82) is 5.26 Å². The van der Waals surface area contributed by atoms with Crippen LogP contribution in [0.4, 0.5) is 0 Å². The minimum atomic E-state index is -1.61. The number of rotatable bonds is 15. The summed E-state index contributed by atoms with van der Waals surface area (Å²) in [4.78, 5) is 0. The molecule has 0 aliphatic heterocycles. The second-order valence-corrected chi connectivity index (χ2v) is 11.1. The molecule has 21 heavy (non-hydrogen) atoms. The Labute approximate surface area is 135 Å². The van der Waals surface area contributed by atoms with Gasteiger partial charge in [-0.3, -0.25) is 0 Å². The third-order valence-corrected chi connectivity index (χ3v) is 9.17. The summed E-state index contributed by atoms with van der Waals surface area (Å²) in [5, 5.41) is 9.86. The van der Waals surface area contributed by atoms with Gasteiger partial charge in [-0.05, 0) is 18.1 Å². The van der Waals surface area contributed by atoms with Crippen molar-refractivity contribution >= 4 is 8.07 Å². The molecular weight excluding hydrogens is 270 g/mol. The molecule has 0 atom stereocenters. The van der Waals surface area contributed by atoms with Crippen molar-refractivity contribution in [2.24, 2.45) is 0 Å². The monoisotopic (exact) mass is 309 g/mol. The summed E-state index contributed by atoms with van der Waals surface area (Å²) in [7, 11) is -1.61. The van der Waals surface area contributed by atoms with Crippen molar-refractivity contribution in [2.45, 2.75) is 116 Å². The first-order valence-electron chi connectivity index (χ1n) is 9.66. The highest BCUT2D eigenvalue weighted by molar-refractivity contribution is 6.86. The van der Waals surface area contributed by atoms with Gasteiger partial charge in [-0.2, -0.15) is 0 Å². The van der Waals surface area contributed by atoms with Gasteiger partial charge in [-0.25, -0.2) is 5.26 Å². The Bertz CT molecular complexity index is 225. The molecule has 0 aromatic rings. The van der Waals surface area contributed by atoms with Gasteiger partial charge >= 0.3 is 0 Å². The normalized spacial score (nSPS) is 11.5. The van der Waals surface area contributed by atoms with Crippen LogP contribution in [0.1, 0.15) is 97.8 Å². The van der Waals surface area contributed by atoms with Crippen molar-refractivity contribution in [3.05, 3.63) is 0 Å². The minimum Gasteiger partial charge on any atom is -0.207 e. The van der Waals surface area contributed by atoms with E-state index in [9.17, 15) is 5.26 Å². The zero-order valence-electron chi connectivity index (χ0n) is 15.1. The number of hydrogen-bond donors (Lipinski definition) is 0. The van der Waals surface area contributed by atoms with E-state index in [1.807, 2.05) is 0 Å². The van der Waals surface area contributed by atoms with Crippen molar-refractivity contribution in [3.8, 4) is 5.69 Å². The molecule has 0 saturated heterocycles. The summed E-state index contributed by atoms with van der Waals surface area (Å²) in [6.07, 6.45) is 15.9. The van der Waals surface area contributed by atoms with Crippen LogP contribution in [0.5, 0.6) is 0 Å². The van der Waals surface area contributed by atoms with E-state index < -0.39 is 8.07 Å². The molecule has 0 saturated carbocycles. The summed E-state index contributed by atoms with van der Waals surface area (Å²) in [6, 6.07) is 3.84. The average Bonchev–Trinajstić information content (AvgIpc) is 2.51. The number of unbranched alkanes of at least 4 members (excludes halogenated alkanes) is 9. The van der Waals surface area contributed by atoms with E-state index in [1.165, 1.54) is 95.2 Å². The van der Waals surface area contributed by atoms with Crippen LogP contribution in [-0.2, 0) is 0 Å². The first-order chi connectivity index (χ1) is 10.2. The molecule has 1 nitrogen and oxygen atoms in total. The van der Waals surface area contributed by atoms with Gasteiger partial charge in [0, 0.05) is 5.69 Å². The summed E-state index contributed by atoms with van der Waals surface area (Å²) in [6.45, 7) is 6.80. The Morgan fingerprint density at radius 3 is 1.14 bits per heavy atom. The van der Waals surface area contributed by atoms with Crippen molar-refractivity contribution in [1.82, 2.24) is 0 Å². The zero-order valence-corrected chi connectivity index (χ0v) is 16.1. The topological polar surface area (TPSA) is 23.8 Å². The van der Waals surface area contributed by atoms with Gasteiger partial charge in [-0.1, -0.05) is 97.8 Å². The Morgan fingerprint density at radius 2 is 0.905 bits per heavy atom. The predicted molar refractivity (Wildman–Crippen MR) is 98.2 cm³/mol. The molecule has 0 radical (unpaired) electrons. The van der Waals surface area contributed by atoms with E-state index in [-0.39, 0.29) is 0 Å². The maximum Gasteiger partial charge on any atom is 0.173 e. The van der Waals surface area contributed by atoms with Crippen molar-refractivity contribution in [3.63, 3.8) is 0 Å². The van der Waals surface area contributed by atoms with Crippen LogP contribution in [0.25, 0.3) is 0 Å². The Morgan fingerprint density at radius 1 is 0.571 bits per heavy atom. The van der Waals surface area contributed by atoms with Crippen LogP contribution >= 0.6 is 0 Å². The van der Waals surface area contributed by atoms with E-state index >= 15 is 0 Å². The molecule has 0 aromatic carbocycles. The highest BCUT2D eigenvalue weighted by Gasteiger charge is 2.31. The fourth-order valence-electron chi connectivity index (χ4n) is 3.21. The smallest absolute Gasteiger partial charge is 0.173 e. The summed E-state index contributed by atoms with van der Waals surface area (Å²) < 4.78 is 0. The molecule has 0 unspecified atom stereocenters. The van der Waals surface area contributed by atoms with E-state index in [4.69, 9.17) is 0 Å². The second-order valence-electron chi connectivity index (χ2n) is 6.82. The molecule has 0 bridgehead atoms. The van der Waals surface area contributed by atoms with Crippen LogP contribution in [0.2, 0.25) is 18.1 Å². The number of hydrogen-bond acceptors (Lipinski definition) is 1. The highest BCUT2D eigenvalue weighted by atomic mass is 28.3. The lowest BCUT2D eigenvalue weighted by atomic mass is 10.2. The van der Waals surface area contributed by atoms with E-state index in [1.54, 1.807) is 0 Å². The predicted octanol–water partition coefficient (Wildman–Crippen LogP) is 7.24. The second kappa shape index (κ2) is 14.6. The molecule has 0 N–H and O–H groups in total. The van der Waals surface area contributed by atoms with Gasteiger partial charge in [0.2, 0.25) is 0 Å². The fourth-order valence-corrected chi connectivity index (χ4v) is 7.08. The first kappa shape index (κ1) is 20.7. The lowest BCUT2D eigenvalue weighted by molar-refractivity contribution is 0.668. The third kappa shape index (κ3) is 11.0. The maximum atomic E-state index is 9.86. The largest absolute Gasteiger partial charge is 0.207 e. The summed E-state index contributed by atoms with van der Waals surface area (Å²) >= 11 is 0. The molecule has 0 aliphatic rings. The molecule has 0 spiro atoms. The number of nitrogens with zero attached hydrogens (tertiary/aromatic N) is 1. The molecular formula is C19H39NSi. The van der Waals surface area contributed by atoms with Crippen molar-refractivity contribution in [2.75, 3.05) is 0 Å². The fraction of sp³-hybridized carbons (Fsp3) is 0.947. The van der Waals surface area contributed by atoms with Gasteiger partial charge in [0.15, 0.2) is 8.07 Å². The highest BCUT2D eigenvalue weighted by Crippen LogP contribution is 2.29. The number of nitriles is 1. The standard InChI is InChI=1S/C19H39NSi/c1-4-7-10-13-16-21(19-20,17-14-11-8-5-2)18-15-12-9-6-3/h4-18H2,1-3H3. The van der Waals surface area contributed by atoms with Gasteiger partial charge < -0.3 is 0 Å². The van der Waals surface area contributed by atoms with Crippen LogP contribution in [0.15, 0.2) is 0 Å². The molecule has 2 heteroatoms. The molecule has 0 amide bonds. The molecule has 0 aromatic heterocycles. The summed E-state index contributed by atoms with van der Waals surface area (Å²) in [5.74, 6) is 0. The molecule has 124 valence electrons. The Kier molecular flexibility index (Phi) is 14.4. The summed E-state index contributed by atoms with van der Waals surface area (Å²) in [5.41, 5.74) is 2.89. The van der Waals surface area contributed by atoms with Crippen molar-refractivity contribution < 1.29 is 0 Å². The van der Waals surface area contributed by atoms with Gasteiger partial charge in [0.05, 0.1) is 0 Å². The van der Waals surface area contributed by atoms with Gasteiger partial charge in [-0.15, -0.1) is 0 Å². The minimum absolute atomic E-state index is 1.28. The van der Waals surface area contributed by atoms with Gasteiger partial charge in [0.1, 0.15) is 0 Å². The van der Waals surface area contributed by atoms with Crippen LogP contribution in [0.3, 0.4) is 0 Å². The quantitative estimate of drug-likeness (QED) is 0.231. The molecule has 0 heterocycles. The van der Waals surface area contributed by atoms with Crippen LogP contribution in [-0.4, -0.2) is 8.07 Å². The Hall–Kier alpha value is -0.293. The van der Waals surface area contributed by atoms with Gasteiger partial charge in [0.25, 0.3) is 0 Å². The van der Waals surface area contributed by atoms with E-state index in [2.05, 4.69) is 26.5 Å². The Balaban J connectivity index is 4.27. The lowest BCUT2D eigenvalue weighted by Crippen LogP contribution is -2.32. The molecule has 0 rings (SSSR count). The first-order valence-corrected chi connectivity index (χ1v) is 12.3. The lowest BCUT2D eigenvalue weighted by Gasteiger charge is -2.24. The average molecular weight is 310 g/mol. The molecule has 0 fully saturated rings. The maximum absolute atomic E-state index is 9.86.